The SMILES string of the molecule is Cl.Cl.[CH2]=[Zr]([C]1=CC(C(C)(C)C)=CC1C)([c]1ccc(F)cc1)([c]1ccc(F)cc1)[CH]1C=C(C)c2cc3c(cc2C1(C)C)Cc1cc2c(cc1-3)C(C)=CCC2(C)C. The van der Waals surface area contributed by atoms with Crippen LogP contribution in [0.4, 0.5) is 8.78 Å². The second-order valence-electron chi connectivity index (χ2n) is 19.1. The van der Waals surface area contributed by atoms with Gasteiger partial charge in [-0.3, -0.25) is 0 Å². The molecule has 0 heterocycles. The molecule has 8 rings (SSSR count). The van der Waals surface area contributed by atoms with Crippen LogP contribution in [0.2, 0.25) is 3.63 Å². The van der Waals surface area contributed by atoms with Gasteiger partial charge in [0.15, 0.2) is 0 Å². The Hall–Kier alpha value is -2.97. The van der Waals surface area contributed by atoms with Gasteiger partial charge in [0.05, 0.1) is 0 Å². The number of halogens is 4. The molecule has 0 N–H and O–H groups in total. The molecule has 4 aliphatic carbocycles. The summed E-state index contributed by atoms with van der Waals surface area (Å²) in [7, 11) is 0. The van der Waals surface area contributed by atoms with Crippen LogP contribution in [0.1, 0.15) is 109 Å². The third-order valence-electron chi connectivity index (χ3n) is 14.0. The van der Waals surface area contributed by atoms with Crippen LogP contribution < -0.4 is 6.54 Å². The molecule has 4 aromatic carbocycles. The Morgan fingerprint density at radius 3 is 1.67 bits per heavy atom. The summed E-state index contributed by atoms with van der Waals surface area (Å²) in [5.41, 5.74) is 14.6. The van der Waals surface area contributed by atoms with Crippen molar-refractivity contribution in [3.63, 3.8) is 0 Å². The Balaban J connectivity index is 0.00000257. The summed E-state index contributed by atoms with van der Waals surface area (Å²) < 4.78 is 39.0. The Kier molecular flexibility index (Phi) is 10.3. The van der Waals surface area contributed by atoms with E-state index in [1.165, 1.54) is 64.5 Å². The Morgan fingerprint density at radius 2 is 1.18 bits per heavy atom. The normalized spacial score (nSPS) is 20.7. The molecule has 0 radical (unpaired) electrons. The van der Waals surface area contributed by atoms with E-state index in [4.69, 9.17) is 4.21 Å². The topological polar surface area (TPSA) is 0 Å². The van der Waals surface area contributed by atoms with Gasteiger partial charge in [0.2, 0.25) is 0 Å². The molecule has 0 fully saturated rings. The number of benzene rings is 4. The molecule has 0 aromatic heterocycles. The Morgan fingerprint density at radius 1 is 0.691 bits per heavy atom. The molecule has 0 amide bonds. The van der Waals surface area contributed by atoms with Crippen molar-refractivity contribution in [2.75, 3.05) is 0 Å². The van der Waals surface area contributed by atoms with Gasteiger partial charge in [-0.15, -0.1) is 24.8 Å². The molecule has 55 heavy (non-hydrogen) atoms. The molecule has 4 aliphatic rings. The van der Waals surface area contributed by atoms with E-state index in [0.717, 1.165) is 19.4 Å². The van der Waals surface area contributed by atoms with Gasteiger partial charge in [0.1, 0.15) is 0 Å². The summed E-state index contributed by atoms with van der Waals surface area (Å²) in [5, 5.41) is 0. The zero-order chi connectivity index (χ0) is 38.1. The van der Waals surface area contributed by atoms with Crippen LogP contribution in [0.25, 0.3) is 22.3 Å². The summed E-state index contributed by atoms with van der Waals surface area (Å²) in [4.78, 5) is 0. The average molecular weight is 857 g/mol. The number of fused-ring (bicyclic) bond motifs is 5. The maximum atomic E-state index is 14.9. The van der Waals surface area contributed by atoms with Crippen molar-refractivity contribution in [3.8, 4) is 11.1 Å². The van der Waals surface area contributed by atoms with Gasteiger partial charge in [-0.05, 0) is 0 Å². The summed E-state index contributed by atoms with van der Waals surface area (Å²) in [5.74, 6) is -0.399. The quantitative estimate of drug-likeness (QED) is 0.169. The van der Waals surface area contributed by atoms with Crippen LogP contribution in [-0.4, -0.2) is 4.21 Å². The van der Waals surface area contributed by atoms with Gasteiger partial charge in [-0.2, -0.15) is 0 Å². The van der Waals surface area contributed by atoms with Gasteiger partial charge in [0.25, 0.3) is 0 Å². The standard InChI is InChI=1S/C27H29.C10H15.2C6H4F.CH2.2ClH.Zr/c1-16-7-9-26(3,4)24-12-18-11-19-13-25-21(17(2)8-10-27(25,5)6)15-23(19)22(18)14-20(16)24;1-8-5-6-9(7-8)10(2,3)4;2*7-6-4-2-1-3-5-6;;;;/h7-9,12-15H,10-11H2,1-6H3;6-8H,1-4H3;2*2-5H;1H2;2*1H;. The second-order valence-corrected chi connectivity index (χ2v) is 32.5. The molecule has 2 unspecified atom stereocenters. The molecule has 0 nitrogen and oxygen atoms in total. The summed E-state index contributed by atoms with van der Waals surface area (Å²) >= 11 is -5.23. The number of allylic oxidation sites excluding steroid dienone is 8. The molecule has 0 saturated carbocycles. The maximum absolute atomic E-state index is 14.9. The molecule has 0 bridgehead atoms. The van der Waals surface area contributed by atoms with Gasteiger partial charge in [-0.25, -0.2) is 0 Å². The number of hydrogen-bond acceptors (Lipinski definition) is 0. The third-order valence-corrected chi connectivity index (χ3v) is 32.4. The van der Waals surface area contributed by atoms with E-state index < -0.39 is 18.3 Å². The van der Waals surface area contributed by atoms with Gasteiger partial charge < -0.3 is 0 Å². The fraction of sp³-hybridized carbons (Fsp3) is 0.340. The van der Waals surface area contributed by atoms with Crippen molar-refractivity contribution in [1.29, 1.82) is 0 Å². The number of rotatable bonds is 4. The van der Waals surface area contributed by atoms with Crippen LogP contribution in [-0.2, 0) is 35.5 Å². The average Bonchev–Trinajstić information content (AvgIpc) is 3.68. The van der Waals surface area contributed by atoms with E-state index in [-0.39, 0.29) is 62.2 Å². The molecule has 4 aromatic rings. The van der Waals surface area contributed by atoms with Gasteiger partial charge in [0, 0.05) is 0 Å². The first-order chi connectivity index (χ1) is 24.7. The zero-order valence-corrected chi connectivity index (χ0v) is 38.2. The first-order valence-electron chi connectivity index (χ1n) is 19.5. The molecule has 0 spiro atoms. The van der Waals surface area contributed by atoms with Crippen LogP contribution in [0.3, 0.4) is 0 Å². The molecule has 5 heteroatoms. The van der Waals surface area contributed by atoms with Crippen molar-refractivity contribution < 1.29 is 27.1 Å². The van der Waals surface area contributed by atoms with Crippen molar-refractivity contribution in [2.45, 2.75) is 96.5 Å². The summed E-state index contributed by atoms with van der Waals surface area (Å²) in [6.07, 6.45) is 11.8. The monoisotopic (exact) mass is 854 g/mol. The molecular weight excluding hydrogens is 801 g/mol. The van der Waals surface area contributed by atoms with Crippen molar-refractivity contribution >= 4 is 46.7 Å². The Labute approximate surface area is 341 Å². The van der Waals surface area contributed by atoms with E-state index in [9.17, 15) is 8.78 Å². The van der Waals surface area contributed by atoms with E-state index >= 15 is 0 Å². The summed E-state index contributed by atoms with van der Waals surface area (Å²) in [6, 6.07) is 24.4. The molecule has 0 saturated heterocycles. The van der Waals surface area contributed by atoms with Gasteiger partial charge >= 0.3 is 319 Å². The minimum atomic E-state index is -5.23. The predicted octanol–water partition coefficient (Wildman–Crippen LogP) is 13.2. The van der Waals surface area contributed by atoms with E-state index in [0.29, 0.717) is 0 Å². The predicted molar refractivity (Wildman–Crippen MR) is 235 cm³/mol. The second kappa shape index (κ2) is 13.6. The van der Waals surface area contributed by atoms with Crippen LogP contribution in [0.15, 0.2) is 106 Å². The molecule has 0 aliphatic heterocycles. The summed E-state index contributed by atoms with van der Waals surface area (Å²) in [6.45, 7) is 23.2. The first kappa shape index (κ1) is 41.7. The van der Waals surface area contributed by atoms with E-state index in [2.05, 4.69) is 118 Å². The third kappa shape index (κ3) is 6.00. The fourth-order valence-corrected chi connectivity index (χ4v) is 30.4. The van der Waals surface area contributed by atoms with Crippen molar-refractivity contribution in [2.24, 2.45) is 11.3 Å². The van der Waals surface area contributed by atoms with Crippen molar-refractivity contribution in [3.05, 3.63) is 151 Å². The molecule has 2 atom stereocenters. The first-order valence-corrected chi connectivity index (χ1v) is 26.3. The van der Waals surface area contributed by atoms with Gasteiger partial charge in [-0.1, -0.05) is 0 Å². The molecule has 288 valence electrons. The van der Waals surface area contributed by atoms with E-state index in [1.807, 2.05) is 24.3 Å². The van der Waals surface area contributed by atoms with Crippen molar-refractivity contribution in [1.82, 2.24) is 0 Å². The Bertz CT molecular complexity index is 2380. The minimum absolute atomic E-state index is 0. The number of hydrogen-bond donors (Lipinski definition) is 0. The van der Waals surface area contributed by atoms with Crippen LogP contribution in [0.5, 0.6) is 0 Å². The van der Waals surface area contributed by atoms with E-state index in [1.54, 1.807) is 24.3 Å². The van der Waals surface area contributed by atoms with Crippen LogP contribution in [0, 0.1) is 23.0 Å². The van der Waals surface area contributed by atoms with Crippen LogP contribution >= 0.6 is 24.8 Å². The zero-order valence-electron chi connectivity index (χ0n) is 34.1. The molecular formula is C50H56Cl2F2Zr. The fourth-order valence-electron chi connectivity index (χ4n) is 10.9.